The van der Waals surface area contributed by atoms with E-state index in [-0.39, 0.29) is 0 Å². The average Bonchev–Trinajstić information content (AvgIpc) is 2.00. The van der Waals surface area contributed by atoms with Gasteiger partial charge in [0, 0.05) is 11.6 Å². The summed E-state index contributed by atoms with van der Waals surface area (Å²) in [6.45, 7) is 0.666. The van der Waals surface area contributed by atoms with Gasteiger partial charge in [-0.1, -0.05) is 34.8 Å². The van der Waals surface area contributed by atoms with E-state index in [2.05, 4.69) is 5.32 Å². The Hall–Kier alpha value is 0.0500. The van der Waals surface area contributed by atoms with Gasteiger partial charge in [-0.2, -0.15) is 0 Å². The Bertz CT molecular complexity index is 286. The van der Waals surface area contributed by atoms with Crippen molar-refractivity contribution in [3.05, 3.63) is 32.8 Å². The van der Waals surface area contributed by atoms with E-state index in [1.807, 2.05) is 7.05 Å². The summed E-state index contributed by atoms with van der Waals surface area (Å²) in [6, 6.07) is 3.43. The first-order valence-corrected chi connectivity index (χ1v) is 4.56. The first-order valence-electron chi connectivity index (χ1n) is 3.43. The van der Waals surface area contributed by atoms with Gasteiger partial charge in [-0.3, -0.25) is 0 Å². The molecule has 0 aliphatic rings. The average molecular weight is 225 g/mol. The molecule has 0 saturated carbocycles. The van der Waals surface area contributed by atoms with Gasteiger partial charge in [0.05, 0.1) is 10.0 Å². The molecule has 66 valence electrons. The second kappa shape index (κ2) is 4.33. The van der Waals surface area contributed by atoms with Crippen LogP contribution >= 0.6 is 34.8 Å². The summed E-state index contributed by atoms with van der Waals surface area (Å²) in [4.78, 5) is 0. The minimum atomic E-state index is 0.495. The molecule has 0 heterocycles. The van der Waals surface area contributed by atoms with Gasteiger partial charge in [-0.15, -0.1) is 0 Å². The van der Waals surface area contributed by atoms with Crippen molar-refractivity contribution in [3.8, 4) is 0 Å². The summed E-state index contributed by atoms with van der Waals surface area (Å²) in [6.07, 6.45) is 0. The predicted octanol–water partition coefficient (Wildman–Crippen LogP) is 3.37. The molecular formula is C8H8Cl3N. The third-order valence-electron chi connectivity index (χ3n) is 1.44. The van der Waals surface area contributed by atoms with Crippen molar-refractivity contribution >= 4 is 34.8 Å². The van der Waals surface area contributed by atoms with E-state index < -0.39 is 0 Å². The Morgan fingerprint density at radius 3 is 2.50 bits per heavy atom. The van der Waals surface area contributed by atoms with Crippen LogP contribution in [0.15, 0.2) is 12.1 Å². The van der Waals surface area contributed by atoms with Crippen molar-refractivity contribution in [3.63, 3.8) is 0 Å². The fraction of sp³-hybridized carbons (Fsp3) is 0.250. The van der Waals surface area contributed by atoms with Crippen LogP contribution in [0.1, 0.15) is 5.56 Å². The van der Waals surface area contributed by atoms with Gasteiger partial charge in [-0.25, -0.2) is 0 Å². The maximum Gasteiger partial charge on any atom is 0.0638 e. The molecule has 1 aromatic carbocycles. The number of benzene rings is 1. The standard InChI is InChI=1S/C8H8Cl3N/c1-12-4-5-2-6(9)3-7(10)8(5)11/h2-3,12H,4H2,1H3. The van der Waals surface area contributed by atoms with Gasteiger partial charge in [-0.05, 0) is 24.7 Å². The second-order valence-corrected chi connectivity index (χ2v) is 3.61. The molecule has 0 radical (unpaired) electrons. The van der Waals surface area contributed by atoms with E-state index in [1.165, 1.54) is 0 Å². The predicted molar refractivity (Wildman–Crippen MR) is 54.2 cm³/mol. The highest BCUT2D eigenvalue weighted by Gasteiger charge is 2.05. The van der Waals surface area contributed by atoms with Crippen LogP contribution < -0.4 is 5.32 Å². The van der Waals surface area contributed by atoms with Gasteiger partial charge in [0.1, 0.15) is 0 Å². The molecule has 0 saturated heterocycles. The maximum absolute atomic E-state index is 5.91. The minimum Gasteiger partial charge on any atom is -0.316 e. The molecule has 12 heavy (non-hydrogen) atoms. The summed E-state index contributed by atoms with van der Waals surface area (Å²) >= 11 is 17.5. The van der Waals surface area contributed by atoms with E-state index in [1.54, 1.807) is 12.1 Å². The van der Waals surface area contributed by atoms with Crippen LogP contribution in [-0.4, -0.2) is 7.05 Å². The van der Waals surface area contributed by atoms with Crippen molar-refractivity contribution in [2.75, 3.05) is 7.05 Å². The van der Waals surface area contributed by atoms with Crippen LogP contribution in [0, 0.1) is 0 Å². The number of hydrogen-bond donors (Lipinski definition) is 1. The van der Waals surface area contributed by atoms with E-state index in [0.717, 1.165) is 5.56 Å². The van der Waals surface area contributed by atoms with Crippen LogP contribution in [0.2, 0.25) is 15.1 Å². The molecule has 1 rings (SSSR count). The van der Waals surface area contributed by atoms with Crippen molar-refractivity contribution < 1.29 is 0 Å². The minimum absolute atomic E-state index is 0.495. The normalized spacial score (nSPS) is 10.3. The van der Waals surface area contributed by atoms with Gasteiger partial charge in [0.15, 0.2) is 0 Å². The summed E-state index contributed by atoms with van der Waals surface area (Å²) in [5.41, 5.74) is 0.914. The molecule has 1 N–H and O–H groups in total. The molecule has 0 atom stereocenters. The van der Waals surface area contributed by atoms with Crippen LogP contribution in [0.25, 0.3) is 0 Å². The Kier molecular flexibility index (Phi) is 3.66. The zero-order chi connectivity index (χ0) is 9.14. The van der Waals surface area contributed by atoms with Crippen LogP contribution in [-0.2, 0) is 6.54 Å². The lowest BCUT2D eigenvalue weighted by molar-refractivity contribution is 0.818. The van der Waals surface area contributed by atoms with Gasteiger partial charge in [0.25, 0.3) is 0 Å². The largest absolute Gasteiger partial charge is 0.316 e. The summed E-state index contributed by atoms with van der Waals surface area (Å²) < 4.78 is 0. The molecule has 0 aliphatic carbocycles. The summed E-state index contributed by atoms with van der Waals surface area (Å²) in [5, 5.41) is 4.64. The molecule has 4 heteroatoms. The Balaban J connectivity index is 3.09. The molecule has 0 amide bonds. The topological polar surface area (TPSA) is 12.0 Å². The third-order valence-corrected chi connectivity index (χ3v) is 2.49. The molecule has 0 unspecified atom stereocenters. The zero-order valence-electron chi connectivity index (χ0n) is 6.50. The van der Waals surface area contributed by atoms with E-state index in [9.17, 15) is 0 Å². The van der Waals surface area contributed by atoms with Crippen LogP contribution in [0.5, 0.6) is 0 Å². The van der Waals surface area contributed by atoms with Gasteiger partial charge < -0.3 is 5.32 Å². The van der Waals surface area contributed by atoms with Crippen LogP contribution in [0.4, 0.5) is 0 Å². The van der Waals surface area contributed by atoms with E-state index in [0.29, 0.717) is 21.6 Å². The molecular weight excluding hydrogens is 216 g/mol. The number of halogens is 3. The Morgan fingerprint density at radius 1 is 1.25 bits per heavy atom. The van der Waals surface area contributed by atoms with Gasteiger partial charge >= 0.3 is 0 Å². The molecule has 0 fully saturated rings. The Labute approximate surface area is 86.6 Å². The molecule has 0 bridgehead atoms. The first kappa shape index (κ1) is 10.1. The quantitative estimate of drug-likeness (QED) is 0.760. The maximum atomic E-state index is 5.91. The molecule has 1 aromatic rings. The zero-order valence-corrected chi connectivity index (χ0v) is 8.76. The molecule has 0 aromatic heterocycles. The summed E-state index contributed by atoms with van der Waals surface area (Å²) in [7, 11) is 1.84. The lowest BCUT2D eigenvalue weighted by Crippen LogP contribution is -2.05. The van der Waals surface area contributed by atoms with Crippen LogP contribution in [0.3, 0.4) is 0 Å². The fourth-order valence-corrected chi connectivity index (χ4v) is 1.64. The molecule has 0 spiro atoms. The second-order valence-electron chi connectivity index (χ2n) is 2.39. The summed E-state index contributed by atoms with van der Waals surface area (Å²) in [5.74, 6) is 0. The monoisotopic (exact) mass is 223 g/mol. The highest BCUT2D eigenvalue weighted by molar-refractivity contribution is 6.43. The van der Waals surface area contributed by atoms with Crippen molar-refractivity contribution in [1.29, 1.82) is 0 Å². The Morgan fingerprint density at radius 2 is 1.92 bits per heavy atom. The highest BCUT2D eigenvalue weighted by Crippen LogP contribution is 2.29. The molecule has 1 nitrogen and oxygen atoms in total. The first-order chi connectivity index (χ1) is 5.65. The van der Waals surface area contributed by atoms with Crippen molar-refractivity contribution in [2.45, 2.75) is 6.54 Å². The lowest BCUT2D eigenvalue weighted by Gasteiger charge is -2.05. The molecule has 0 aliphatic heterocycles. The highest BCUT2D eigenvalue weighted by atomic mass is 35.5. The third kappa shape index (κ3) is 2.27. The number of hydrogen-bond acceptors (Lipinski definition) is 1. The van der Waals surface area contributed by atoms with Gasteiger partial charge in [0.2, 0.25) is 0 Å². The SMILES string of the molecule is CNCc1cc(Cl)cc(Cl)c1Cl. The van der Waals surface area contributed by atoms with E-state index in [4.69, 9.17) is 34.8 Å². The lowest BCUT2D eigenvalue weighted by atomic mass is 10.2. The number of rotatable bonds is 2. The van der Waals surface area contributed by atoms with Crippen molar-refractivity contribution in [2.24, 2.45) is 0 Å². The number of nitrogens with one attached hydrogen (secondary N) is 1. The fourth-order valence-electron chi connectivity index (χ4n) is 0.928. The smallest absolute Gasteiger partial charge is 0.0638 e. The van der Waals surface area contributed by atoms with E-state index >= 15 is 0 Å². The van der Waals surface area contributed by atoms with Crippen molar-refractivity contribution in [1.82, 2.24) is 5.32 Å².